The van der Waals surface area contributed by atoms with Gasteiger partial charge in [0.25, 0.3) is 0 Å². The van der Waals surface area contributed by atoms with Crippen molar-refractivity contribution in [1.82, 2.24) is 0 Å². The van der Waals surface area contributed by atoms with Crippen LogP contribution in [0.15, 0.2) is 60.7 Å². The molecule has 1 nitrogen and oxygen atoms in total. The molecule has 0 aliphatic carbocycles. The van der Waals surface area contributed by atoms with Gasteiger partial charge in [-0.15, -0.1) is 0 Å². The standard InChI is InChI=1S/C18H21BrO/c1-2-18(15-19,16-9-5-3-6-10-16)13-14-20-17-11-7-4-8-12-17/h3-12H,2,13-15H2,1H3. The van der Waals surface area contributed by atoms with E-state index in [0.717, 1.165) is 30.5 Å². The lowest BCUT2D eigenvalue weighted by atomic mass is 9.77. The van der Waals surface area contributed by atoms with Crippen LogP contribution in [0.1, 0.15) is 25.3 Å². The lowest BCUT2D eigenvalue weighted by Crippen LogP contribution is -2.29. The topological polar surface area (TPSA) is 9.23 Å². The number of hydrogen-bond donors (Lipinski definition) is 0. The van der Waals surface area contributed by atoms with Gasteiger partial charge in [-0.2, -0.15) is 0 Å². The third-order valence-electron chi connectivity index (χ3n) is 3.91. The molecule has 0 saturated heterocycles. The van der Waals surface area contributed by atoms with E-state index in [1.807, 2.05) is 30.3 Å². The molecule has 20 heavy (non-hydrogen) atoms. The van der Waals surface area contributed by atoms with Crippen molar-refractivity contribution in [3.63, 3.8) is 0 Å². The van der Waals surface area contributed by atoms with Crippen LogP contribution >= 0.6 is 15.9 Å². The molecule has 2 rings (SSSR count). The Kier molecular flexibility index (Phi) is 5.66. The number of rotatable bonds is 7. The van der Waals surface area contributed by atoms with Crippen molar-refractivity contribution in [2.24, 2.45) is 0 Å². The number of alkyl halides is 1. The Balaban J connectivity index is 2.03. The Labute approximate surface area is 130 Å². The summed E-state index contributed by atoms with van der Waals surface area (Å²) in [7, 11) is 0. The molecule has 0 spiro atoms. The molecule has 0 aliphatic rings. The molecule has 106 valence electrons. The van der Waals surface area contributed by atoms with Crippen LogP contribution in [-0.4, -0.2) is 11.9 Å². The quantitative estimate of drug-likeness (QED) is 0.633. The van der Waals surface area contributed by atoms with E-state index in [0.29, 0.717) is 0 Å². The molecule has 2 aromatic carbocycles. The summed E-state index contributed by atoms with van der Waals surface area (Å²) >= 11 is 3.70. The van der Waals surface area contributed by atoms with Crippen LogP contribution in [0, 0.1) is 0 Å². The lowest BCUT2D eigenvalue weighted by molar-refractivity contribution is 0.263. The fraction of sp³-hybridized carbons (Fsp3) is 0.333. The highest BCUT2D eigenvalue weighted by molar-refractivity contribution is 9.09. The van der Waals surface area contributed by atoms with Gasteiger partial charge in [0.1, 0.15) is 5.75 Å². The number of benzene rings is 2. The van der Waals surface area contributed by atoms with Crippen LogP contribution in [0.4, 0.5) is 0 Å². The van der Waals surface area contributed by atoms with Crippen LogP contribution in [-0.2, 0) is 5.41 Å². The zero-order chi connectivity index (χ0) is 14.3. The summed E-state index contributed by atoms with van der Waals surface area (Å²) in [5.74, 6) is 0.945. The summed E-state index contributed by atoms with van der Waals surface area (Å²) in [6.45, 7) is 2.98. The zero-order valence-corrected chi connectivity index (χ0v) is 13.5. The van der Waals surface area contributed by atoms with Crippen molar-refractivity contribution < 1.29 is 4.74 Å². The first-order chi connectivity index (χ1) is 9.80. The predicted molar refractivity (Wildman–Crippen MR) is 88.8 cm³/mol. The Morgan fingerprint density at radius 3 is 2.10 bits per heavy atom. The SMILES string of the molecule is CCC(CBr)(CCOc1ccccc1)c1ccccc1. The number of ether oxygens (including phenoxy) is 1. The van der Waals surface area contributed by atoms with E-state index in [1.165, 1.54) is 5.56 Å². The van der Waals surface area contributed by atoms with E-state index >= 15 is 0 Å². The van der Waals surface area contributed by atoms with Gasteiger partial charge in [-0.05, 0) is 30.5 Å². The van der Waals surface area contributed by atoms with E-state index in [4.69, 9.17) is 4.74 Å². The minimum atomic E-state index is 0.149. The second-order valence-electron chi connectivity index (χ2n) is 5.05. The van der Waals surface area contributed by atoms with Crippen LogP contribution < -0.4 is 4.74 Å². The molecular weight excluding hydrogens is 312 g/mol. The fourth-order valence-electron chi connectivity index (χ4n) is 2.44. The van der Waals surface area contributed by atoms with E-state index in [-0.39, 0.29) is 5.41 Å². The molecule has 2 heteroatoms. The van der Waals surface area contributed by atoms with Crippen molar-refractivity contribution in [3.05, 3.63) is 66.2 Å². The van der Waals surface area contributed by atoms with Gasteiger partial charge < -0.3 is 4.74 Å². The molecule has 0 aliphatic heterocycles. The summed E-state index contributed by atoms with van der Waals surface area (Å²) in [6.07, 6.45) is 2.11. The van der Waals surface area contributed by atoms with Crippen molar-refractivity contribution in [1.29, 1.82) is 0 Å². The Morgan fingerprint density at radius 2 is 1.55 bits per heavy atom. The van der Waals surface area contributed by atoms with Crippen LogP contribution in [0.3, 0.4) is 0 Å². The van der Waals surface area contributed by atoms with Gasteiger partial charge in [0.05, 0.1) is 6.61 Å². The molecule has 0 amide bonds. The Morgan fingerprint density at radius 1 is 0.950 bits per heavy atom. The first kappa shape index (κ1) is 15.1. The molecule has 0 heterocycles. The van der Waals surface area contributed by atoms with E-state index < -0.39 is 0 Å². The normalized spacial score (nSPS) is 13.7. The molecule has 2 aromatic rings. The second-order valence-corrected chi connectivity index (χ2v) is 5.61. The minimum absolute atomic E-state index is 0.149. The van der Waals surface area contributed by atoms with Gasteiger partial charge in [0, 0.05) is 10.7 Å². The van der Waals surface area contributed by atoms with Crippen LogP contribution in [0.25, 0.3) is 0 Å². The van der Waals surface area contributed by atoms with Gasteiger partial charge in [-0.1, -0.05) is 71.4 Å². The van der Waals surface area contributed by atoms with E-state index in [1.54, 1.807) is 0 Å². The van der Waals surface area contributed by atoms with Gasteiger partial charge in [-0.3, -0.25) is 0 Å². The molecule has 0 bridgehead atoms. The molecule has 0 aromatic heterocycles. The minimum Gasteiger partial charge on any atom is -0.494 e. The van der Waals surface area contributed by atoms with Crippen molar-refractivity contribution >= 4 is 15.9 Å². The summed E-state index contributed by atoms with van der Waals surface area (Å²) in [5.41, 5.74) is 1.53. The summed E-state index contributed by atoms with van der Waals surface area (Å²) < 4.78 is 5.87. The van der Waals surface area contributed by atoms with Crippen molar-refractivity contribution in [2.45, 2.75) is 25.2 Å². The number of halogens is 1. The first-order valence-electron chi connectivity index (χ1n) is 7.10. The van der Waals surface area contributed by atoms with Crippen LogP contribution in [0.2, 0.25) is 0 Å². The third kappa shape index (κ3) is 3.63. The Bertz CT molecular complexity index is 491. The molecule has 0 radical (unpaired) electrons. The smallest absolute Gasteiger partial charge is 0.119 e. The molecule has 0 N–H and O–H groups in total. The predicted octanol–water partition coefficient (Wildman–Crippen LogP) is 5.20. The average Bonchev–Trinajstić information content (AvgIpc) is 2.54. The molecule has 0 saturated carbocycles. The second kappa shape index (κ2) is 7.49. The van der Waals surface area contributed by atoms with E-state index in [9.17, 15) is 0 Å². The first-order valence-corrected chi connectivity index (χ1v) is 8.22. The highest BCUT2D eigenvalue weighted by atomic mass is 79.9. The van der Waals surface area contributed by atoms with Crippen molar-refractivity contribution in [3.8, 4) is 5.75 Å². The van der Waals surface area contributed by atoms with E-state index in [2.05, 4.69) is 53.2 Å². The maximum atomic E-state index is 5.87. The zero-order valence-electron chi connectivity index (χ0n) is 11.9. The van der Waals surface area contributed by atoms with Crippen molar-refractivity contribution in [2.75, 3.05) is 11.9 Å². The number of para-hydroxylation sites is 1. The van der Waals surface area contributed by atoms with Gasteiger partial charge >= 0.3 is 0 Å². The largest absolute Gasteiger partial charge is 0.494 e. The highest BCUT2D eigenvalue weighted by Crippen LogP contribution is 2.33. The third-order valence-corrected chi connectivity index (χ3v) is 4.98. The molecule has 1 atom stereocenters. The maximum absolute atomic E-state index is 5.87. The lowest BCUT2D eigenvalue weighted by Gasteiger charge is -2.31. The van der Waals surface area contributed by atoms with Gasteiger partial charge in [0.2, 0.25) is 0 Å². The summed E-state index contributed by atoms with van der Waals surface area (Å²) in [5, 5.41) is 0.957. The Hall–Kier alpha value is -1.28. The molecule has 0 fully saturated rings. The summed E-state index contributed by atoms with van der Waals surface area (Å²) in [4.78, 5) is 0. The summed E-state index contributed by atoms with van der Waals surface area (Å²) in [6, 6.07) is 20.7. The average molecular weight is 333 g/mol. The van der Waals surface area contributed by atoms with Crippen LogP contribution in [0.5, 0.6) is 5.75 Å². The molecule has 1 unspecified atom stereocenters. The monoisotopic (exact) mass is 332 g/mol. The van der Waals surface area contributed by atoms with Gasteiger partial charge in [-0.25, -0.2) is 0 Å². The number of hydrogen-bond acceptors (Lipinski definition) is 1. The molecular formula is C18H21BrO. The fourth-order valence-corrected chi connectivity index (χ4v) is 3.44. The highest BCUT2D eigenvalue weighted by Gasteiger charge is 2.28. The maximum Gasteiger partial charge on any atom is 0.119 e. The van der Waals surface area contributed by atoms with Gasteiger partial charge in [0.15, 0.2) is 0 Å².